The Kier molecular flexibility index (Phi) is 4.16. The molecule has 2 atom stereocenters. The smallest absolute Gasteiger partial charge is 0.230 e. The van der Waals surface area contributed by atoms with Gasteiger partial charge in [0.25, 0.3) is 0 Å². The fourth-order valence-electron chi connectivity index (χ4n) is 3.45. The van der Waals surface area contributed by atoms with Crippen LogP contribution in [0.3, 0.4) is 0 Å². The summed E-state index contributed by atoms with van der Waals surface area (Å²) in [6, 6.07) is 5.74. The number of nitrogens with one attached hydrogen (secondary N) is 1. The first-order chi connectivity index (χ1) is 10.6. The highest BCUT2D eigenvalue weighted by Gasteiger charge is 2.33. The molecule has 2 aliphatic heterocycles. The van der Waals surface area contributed by atoms with Crippen molar-refractivity contribution in [2.45, 2.75) is 39.2 Å². The number of anilines is 2. The minimum absolute atomic E-state index is 0.0190. The second kappa shape index (κ2) is 6.08. The van der Waals surface area contributed by atoms with Crippen molar-refractivity contribution < 1.29 is 14.3 Å². The van der Waals surface area contributed by atoms with Crippen molar-refractivity contribution in [3.63, 3.8) is 0 Å². The van der Waals surface area contributed by atoms with E-state index in [1.165, 1.54) is 0 Å². The van der Waals surface area contributed by atoms with E-state index < -0.39 is 0 Å². The van der Waals surface area contributed by atoms with Crippen LogP contribution >= 0.6 is 0 Å². The Hall–Kier alpha value is -1.88. The van der Waals surface area contributed by atoms with Crippen LogP contribution in [-0.2, 0) is 20.7 Å². The monoisotopic (exact) mass is 302 g/mol. The van der Waals surface area contributed by atoms with E-state index in [1.807, 2.05) is 25.1 Å². The first kappa shape index (κ1) is 15.0. The highest BCUT2D eigenvalue weighted by atomic mass is 16.5. The van der Waals surface area contributed by atoms with Gasteiger partial charge in [0, 0.05) is 37.0 Å². The third-order valence-corrected chi connectivity index (χ3v) is 4.61. The van der Waals surface area contributed by atoms with Crippen LogP contribution in [0.4, 0.5) is 11.4 Å². The summed E-state index contributed by atoms with van der Waals surface area (Å²) in [4.78, 5) is 25.9. The van der Waals surface area contributed by atoms with Crippen LogP contribution in [0, 0.1) is 5.92 Å². The van der Waals surface area contributed by atoms with Crippen molar-refractivity contribution in [3.05, 3.63) is 23.8 Å². The predicted octanol–water partition coefficient (Wildman–Crippen LogP) is 2.35. The van der Waals surface area contributed by atoms with Crippen molar-refractivity contribution in [1.29, 1.82) is 0 Å². The quantitative estimate of drug-likeness (QED) is 0.932. The van der Waals surface area contributed by atoms with Crippen molar-refractivity contribution in [2.24, 2.45) is 5.92 Å². The summed E-state index contributed by atoms with van der Waals surface area (Å²) in [5.41, 5.74) is 2.80. The van der Waals surface area contributed by atoms with Gasteiger partial charge in [0.2, 0.25) is 11.8 Å². The molecule has 0 radical (unpaired) electrons. The molecule has 118 valence electrons. The Morgan fingerprint density at radius 1 is 1.41 bits per heavy atom. The molecule has 2 amide bonds. The number of benzene rings is 1. The number of nitrogens with zero attached hydrogens (tertiary/aromatic N) is 1. The Balaban J connectivity index is 1.79. The maximum atomic E-state index is 12.5. The van der Waals surface area contributed by atoms with Crippen molar-refractivity contribution in [3.8, 4) is 0 Å². The topological polar surface area (TPSA) is 58.6 Å². The molecule has 3 rings (SSSR count). The lowest BCUT2D eigenvalue weighted by Gasteiger charge is -2.18. The standard InChI is InChI=1S/C17H22N2O3/c1-3-16-13(8-10-22-16)17(21)18-14-5-4-6-15-12(14)7-9-19(15)11(2)20/h4-6,13,16H,3,7-10H2,1-2H3,(H,18,21)/t13-,16+/m1/s1. The maximum Gasteiger partial charge on any atom is 0.230 e. The van der Waals surface area contributed by atoms with E-state index in [-0.39, 0.29) is 23.8 Å². The van der Waals surface area contributed by atoms with Crippen molar-refractivity contribution in [2.75, 3.05) is 23.4 Å². The van der Waals surface area contributed by atoms with E-state index >= 15 is 0 Å². The summed E-state index contributed by atoms with van der Waals surface area (Å²) in [5, 5.41) is 3.05. The van der Waals surface area contributed by atoms with Gasteiger partial charge in [-0.15, -0.1) is 0 Å². The summed E-state index contributed by atoms with van der Waals surface area (Å²) in [6.45, 7) is 4.95. The van der Waals surface area contributed by atoms with E-state index in [4.69, 9.17) is 4.74 Å². The van der Waals surface area contributed by atoms with Gasteiger partial charge in [-0.3, -0.25) is 9.59 Å². The third kappa shape index (κ3) is 2.61. The lowest BCUT2D eigenvalue weighted by Crippen LogP contribution is -2.29. The second-order valence-corrected chi connectivity index (χ2v) is 5.93. The van der Waals surface area contributed by atoms with Crippen LogP contribution in [0.25, 0.3) is 0 Å². The van der Waals surface area contributed by atoms with Gasteiger partial charge in [-0.05, 0) is 31.4 Å². The van der Waals surface area contributed by atoms with E-state index in [2.05, 4.69) is 5.32 Å². The molecule has 0 aromatic heterocycles. The van der Waals surface area contributed by atoms with E-state index in [0.29, 0.717) is 13.2 Å². The molecule has 1 aromatic rings. The molecular weight excluding hydrogens is 280 g/mol. The van der Waals surface area contributed by atoms with Crippen LogP contribution in [0.5, 0.6) is 0 Å². The Bertz CT molecular complexity index is 600. The van der Waals surface area contributed by atoms with Gasteiger partial charge in [-0.1, -0.05) is 13.0 Å². The Morgan fingerprint density at radius 3 is 2.95 bits per heavy atom. The molecule has 5 nitrogen and oxygen atoms in total. The molecule has 1 aromatic carbocycles. The number of carbonyl (C=O) groups excluding carboxylic acids is 2. The van der Waals surface area contributed by atoms with Crippen LogP contribution in [0.15, 0.2) is 18.2 Å². The van der Waals surface area contributed by atoms with Crippen molar-refractivity contribution in [1.82, 2.24) is 0 Å². The summed E-state index contributed by atoms with van der Waals surface area (Å²) in [6.07, 6.45) is 2.43. The predicted molar refractivity (Wildman–Crippen MR) is 84.9 cm³/mol. The summed E-state index contributed by atoms with van der Waals surface area (Å²) >= 11 is 0. The normalized spacial score (nSPS) is 23.5. The summed E-state index contributed by atoms with van der Waals surface area (Å²) in [5.74, 6) is -0.0114. The minimum Gasteiger partial charge on any atom is -0.377 e. The summed E-state index contributed by atoms with van der Waals surface area (Å²) < 4.78 is 5.60. The average Bonchev–Trinajstić information content (AvgIpc) is 3.14. The van der Waals surface area contributed by atoms with E-state index in [0.717, 1.165) is 36.2 Å². The maximum absolute atomic E-state index is 12.5. The highest BCUT2D eigenvalue weighted by Crippen LogP contribution is 2.34. The molecule has 2 heterocycles. The molecule has 2 aliphatic rings. The lowest BCUT2D eigenvalue weighted by molar-refractivity contribution is -0.121. The lowest BCUT2D eigenvalue weighted by atomic mass is 9.98. The number of fused-ring (bicyclic) bond motifs is 1. The molecular formula is C17H22N2O3. The fourth-order valence-corrected chi connectivity index (χ4v) is 3.45. The number of rotatable bonds is 3. The number of carbonyl (C=O) groups is 2. The zero-order chi connectivity index (χ0) is 15.7. The van der Waals surface area contributed by atoms with Gasteiger partial charge in [-0.25, -0.2) is 0 Å². The zero-order valence-corrected chi connectivity index (χ0v) is 13.1. The van der Waals surface area contributed by atoms with Crippen LogP contribution in [0.2, 0.25) is 0 Å². The average molecular weight is 302 g/mol. The molecule has 1 N–H and O–H groups in total. The first-order valence-corrected chi connectivity index (χ1v) is 7.94. The first-order valence-electron chi connectivity index (χ1n) is 7.94. The van der Waals surface area contributed by atoms with Crippen LogP contribution in [-0.4, -0.2) is 31.1 Å². The van der Waals surface area contributed by atoms with Gasteiger partial charge in [0.05, 0.1) is 12.0 Å². The Morgan fingerprint density at radius 2 is 2.23 bits per heavy atom. The third-order valence-electron chi connectivity index (χ3n) is 4.61. The number of hydrogen-bond donors (Lipinski definition) is 1. The van der Waals surface area contributed by atoms with Gasteiger partial charge in [0.1, 0.15) is 0 Å². The molecule has 0 saturated carbocycles. The minimum atomic E-state index is -0.0776. The molecule has 0 bridgehead atoms. The highest BCUT2D eigenvalue weighted by molar-refractivity contribution is 5.98. The Labute approximate surface area is 130 Å². The van der Waals surface area contributed by atoms with E-state index in [1.54, 1.807) is 11.8 Å². The number of amides is 2. The van der Waals surface area contributed by atoms with Crippen molar-refractivity contribution >= 4 is 23.2 Å². The number of hydrogen-bond acceptors (Lipinski definition) is 3. The molecule has 5 heteroatoms. The molecule has 22 heavy (non-hydrogen) atoms. The van der Waals surface area contributed by atoms with Gasteiger partial charge in [-0.2, -0.15) is 0 Å². The van der Waals surface area contributed by atoms with Gasteiger partial charge < -0.3 is 15.0 Å². The molecule has 0 spiro atoms. The molecule has 0 unspecified atom stereocenters. The summed E-state index contributed by atoms with van der Waals surface area (Å²) in [7, 11) is 0. The molecule has 1 saturated heterocycles. The largest absolute Gasteiger partial charge is 0.377 e. The molecule has 1 fully saturated rings. The van der Waals surface area contributed by atoms with Gasteiger partial charge in [0.15, 0.2) is 0 Å². The van der Waals surface area contributed by atoms with E-state index in [9.17, 15) is 9.59 Å². The SMILES string of the molecule is CC[C@@H]1OCC[C@H]1C(=O)Nc1cccc2c1CCN2C(C)=O. The number of ether oxygens (including phenoxy) is 1. The van der Waals surface area contributed by atoms with Gasteiger partial charge >= 0.3 is 0 Å². The fraction of sp³-hybridized carbons (Fsp3) is 0.529. The molecule has 0 aliphatic carbocycles. The second-order valence-electron chi connectivity index (χ2n) is 5.93. The zero-order valence-electron chi connectivity index (χ0n) is 13.1. The van der Waals surface area contributed by atoms with Crippen LogP contribution < -0.4 is 10.2 Å². The van der Waals surface area contributed by atoms with Crippen LogP contribution in [0.1, 0.15) is 32.3 Å².